The Kier molecular flexibility index (Phi) is 3.29. The number of carbonyl (C=O) groups excluding carboxylic acids is 1. The molecule has 0 spiro atoms. The maximum atomic E-state index is 11.9. The number of hydrogen-bond donors (Lipinski definition) is 0. The zero-order chi connectivity index (χ0) is 13.4. The zero-order valence-electron chi connectivity index (χ0n) is 11.5. The predicted octanol–water partition coefficient (Wildman–Crippen LogP) is 1.84. The molecule has 2 aliphatic heterocycles. The molecular weight excluding hydrogens is 240 g/mol. The number of piperidine rings is 1. The van der Waals surface area contributed by atoms with Crippen LogP contribution in [0.1, 0.15) is 24.9 Å². The molecule has 2 saturated heterocycles. The van der Waals surface area contributed by atoms with Gasteiger partial charge in [0, 0.05) is 32.5 Å². The topological polar surface area (TPSA) is 32.8 Å². The fourth-order valence-electron chi connectivity index (χ4n) is 3.31. The first-order valence-electron chi connectivity index (χ1n) is 6.84. The number of amides is 1. The number of carbonyl (C=O) groups is 1. The molecule has 3 atom stereocenters. The molecule has 102 valence electrons. The van der Waals surface area contributed by atoms with Crippen molar-refractivity contribution in [3.8, 4) is 0 Å². The van der Waals surface area contributed by atoms with Crippen LogP contribution in [0.3, 0.4) is 0 Å². The summed E-state index contributed by atoms with van der Waals surface area (Å²) >= 11 is 0. The van der Waals surface area contributed by atoms with E-state index in [4.69, 9.17) is 4.84 Å². The van der Waals surface area contributed by atoms with Crippen LogP contribution in [-0.4, -0.2) is 42.1 Å². The van der Waals surface area contributed by atoms with Crippen molar-refractivity contribution in [2.45, 2.75) is 25.4 Å². The molecule has 19 heavy (non-hydrogen) atoms. The van der Waals surface area contributed by atoms with E-state index in [-0.39, 0.29) is 11.9 Å². The first-order chi connectivity index (χ1) is 9.16. The third kappa shape index (κ3) is 2.26. The van der Waals surface area contributed by atoms with Crippen molar-refractivity contribution in [3.63, 3.8) is 0 Å². The van der Waals surface area contributed by atoms with Gasteiger partial charge in [0.05, 0.1) is 12.6 Å². The lowest BCUT2D eigenvalue weighted by Gasteiger charge is -2.41. The highest BCUT2D eigenvalue weighted by Gasteiger charge is 2.43. The molecule has 0 N–H and O–H groups in total. The van der Waals surface area contributed by atoms with Gasteiger partial charge in [-0.15, -0.1) is 0 Å². The Morgan fingerprint density at radius 2 is 2.05 bits per heavy atom. The molecule has 2 heterocycles. The van der Waals surface area contributed by atoms with Crippen molar-refractivity contribution in [2.24, 2.45) is 5.92 Å². The van der Waals surface area contributed by atoms with Gasteiger partial charge in [-0.3, -0.25) is 9.63 Å². The maximum Gasteiger partial charge on any atom is 0.219 e. The van der Waals surface area contributed by atoms with Gasteiger partial charge in [-0.05, 0) is 12.0 Å². The summed E-state index contributed by atoms with van der Waals surface area (Å²) in [5.74, 6) is 0.593. The Morgan fingerprint density at radius 1 is 1.32 bits per heavy atom. The van der Waals surface area contributed by atoms with E-state index in [2.05, 4.69) is 12.1 Å². The molecule has 1 amide bonds. The molecular formula is C15H20N2O2. The summed E-state index contributed by atoms with van der Waals surface area (Å²) in [7, 11) is 2.00. The van der Waals surface area contributed by atoms with Crippen LogP contribution >= 0.6 is 0 Å². The number of nitrogens with zero attached hydrogens (tertiary/aromatic N) is 2. The van der Waals surface area contributed by atoms with Crippen molar-refractivity contribution in [3.05, 3.63) is 35.9 Å². The van der Waals surface area contributed by atoms with Gasteiger partial charge in [-0.2, -0.15) is 5.06 Å². The summed E-state index contributed by atoms with van der Waals surface area (Å²) in [4.78, 5) is 19.5. The molecule has 0 unspecified atom stereocenters. The van der Waals surface area contributed by atoms with Crippen LogP contribution in [0.15, 0.2) is 30.3 Å². The Balaban J connectivity index is 1.89. The van der Waals surface area contributed by atoms with Crippen LogP contribution in [0.25, 0.3) is 0 Å². The molecule has 4 nitrogen and oxygen atoms in total. The van der Waals surface area contributed by atoms with Crippen LogP contribution in [-0.2, 0) is 9.63 Å². The average molecular weight is 260 g/mol. The van der Waals surface area contributed by atoms with Gasteiger partial charge < -0.3 is 4.90 Å². The minimum absolute atomic E-state index is 0.154. The molecule has 1 aromatic rings. The van der Waals surface area contributed by atoms with Crippen molar-refractivity contribution in [1.82, 2.24) is 9.96 Å². The van der Waals surface area contributed by atoms with E-state index in [9.17, 15) is 4.79 Å². The van der Waals surface area contributed by atoms with Crippen LogP contribution in [0, 0.1) is 5.92 Å². The second-order valence-electron chi connectivity index (χ2n) is 5.50. The Morgan fingerprint density at radius 3 is 2.74 bits per heavy atom. The maximum absolute atomic E-state index is 11.9. The molecule has 0 aliphatic carbocycles. The first-order valence-corrected chi connectivity index (χ1v) is 6.84. The predicted molar refractivity (Wildman–Crippen MR) is 72.2 cm³/mol. The van der Waals surface area contributed by atoms with Gasteiger partial charge in [-0.25, -0.2) is 0 Å². The van der Waals surface area contributed by atoms with Crippen LogP contribution < -0.4 is 0 Å². The third-order valence-electron chi connectivity index (χ3n) is 4.36. The van der Waals surface area contributed by atoms with Gasteiger partial charge in [0.1, 0.15) is 0 Å². The second-order valence-corrected chi connectivity index (χ2v) is 5.50. The summed E-state index contributed by atoms with van der Waals surface area (Å²) in [6.45, 7) is 3.19. The smallest absolute Gasteiger partial charge is 0.219 e. The van der Waals surface area contributed by atoms with Gasteiger partial charge in [0.2, 0.25) is 5.91 Å². The monoisotopic (exact) mass is 260 g/mol. The third-order valence-corrected chi connectivity index (χ3v) is 4.36. The minimum atomic E-state index is 0.154. The Bertz CT molecular complexity index is 462. The highest BCUT2D eigenvalue weighted by molar-refractivity contribution is 5.74. The first kappa shape index (κ1) is 12.6. The quantitative estimate of drug-likeness (QED) is 0.772. The fourth-order valence-corrected chi connectivity index (χ4v) is 3.31. The van der Waals surface area contributed by atoms with Crippen molar-refractivity contribution < 1.29 is 9.63 Å². The number of benzene rings is 1. The number of hydroxylamine groups is 2. The summed E-state index contributed by atoms with van der Waals surface area (Å²) < 4.78 is 0. The summed E-state index contributed by atoms with van der Waals surface area (Å²) in [6, 6.07) is 10.9. The van der Waals surface area contributed by atoms with E-state index in [0.29, 0.717) is 12.0 Å². The molecule has 4 heteroatoms. The van der Waals surface area contributed by atoms with Gasteiger partial charge >= 0.3 is 0 Å². The highest BCUT2D eigenvalue weighted by Crippen LogP contribution is 2.38. The standard InChI is InChI=1S/C15H20N2O2/c1-11(18)17-9-13-10-19-16(2)14(13)8-15(17)12-6-4-3-5-7-12/h3-7,13-15H,8-10H2,1-2H3/t13-,14-,15-/m0/s1. The molecule has 2 aliphatic rings. The molecule has 1 aromatic carbocycles. The van der Waals surface area contributed by atoms with E-state index in [1.165, 1.54) is 5.56 Å². The molecule has 0 bridgehead atoms. The van der Waals surface area contributed by atoms with Crippen LogP contribution in [0.4, 0.5) is 0 Å². The molecule has 3 rings (SSSR count). The average Bonchev–Trinajstić information content (AvgIpc) is 2.79. The number of likely N-dealkylation sites (tertiary alicyclic amines) is 1. The molecule has 0 saturated carbocycles. The number of fused-ring (bicyclic) bond motifs is 1. The summed E-state index contributed by atoms with van der Waals surface area (Å²) in [6.07, 6.45) is 0.949. The lowest BCUT2D eigenvalue weighted by Crippen LogP contribution is -2.48. The Hall–Kier alpha value is -1.39. The summed E-state index contributed by atoms with van der Waals surface area (Å²) in [5, 5.41) is 1.97. The second kappa shape index (κ2) is 4.94. The normalized spacial score (nSPS) is 31.3. The van der Waals surface area contributed by atoms with Crippen LogP contribution in [0.2, 0.25) is 0 Å². The molecule has 2 fully saturated rings. The van der Waals surface area contributed by atoms with E-state index in [1.54, 1.807) is 6.92 Å². The minimum Gasteiger partial charge on any atom is -0.335 e. The fraction of sp³-hybridized carbons (Fsp3) is 0.533. The van der Waals surface area contributed by atoms with Gasteiger partial charge in [0.15, 0.2) is 0 Å². The molecule has 0 aromatic heterocycles. The molecule has 0 radical (unpaired) electrons. The SMILES string of the molecule is CC(=O)N1C[C@H]2CON(C)[C@H]2C[C@H]1c1ccccc1. The number of rotatable bonds is 1. The van der Waals surface area contributed by atoms with E-state index < -0.39 is 0 Å². The number of hydrogen-bond acceptors (Lipinski definition) is 3. The van der Waals surface area contributed by atoms with Crippen molar-refractivity contribution >= 4 is 5.91 Å². The largest absolute Gasteiger partial charge is 0.335 e. The van der Waals surface area contributed by atoms with E-state index in [0.717, 1.165) is 19.6 Å². The van der Waals surface area contributed by atoms with Gasteiger partial charge in [0.25, 0.3) is 0 Å². The van der Waals surface area contributed by atoms with Crippen molar-refractivity contribution in [1.29, 1.82) is 0 Å². The highest BCUT2D eigenvalue weighted by atomic mass is 16.7. The van der Waals surface area contributed by atoms with Gasteiger partial charge in [-0.1, -0.05) is 30.3 Å². The van der Waals surface area contributed by atoms with Crippen LogP contribution in [0.5, 0.6) is 0 Å². The van der Waals surface area contributed by atoms with Crippen molar-refractivity contribution in [2.75, 3.05) is 20.2 Å². The summed E-state index contributed by atoms with van der Waals surface area (Å²) in [5.41, 5.74) is 1.22. The Labute approximate surface area is 113 Å². The van der Waals surface area contributed by atoms with E-state index in [1.807, 2.05) is 35.2 Å². The lowest BCUT2D eigenvalue weighted by atomic mass is 9.85. The lowest BCUT2D eigenvalue weighted by molar-refractivity contribution is -0.137. The zero-order valence-corrected chi connectivity index (χ0v) is 11.5. The van der Waals surface area contributed by atoms with E-state index >= 15 is 0 Å².